The molecule has 9 heteroatoms. The van der Waals surface area contributed by atoms with Gasteiger partial charge in [-0.05, 0) is 25.1 Å². The highest BCUT2D eigenvalue weighted by atomic mass is 35.5. The van der Waals surface area contributed by atoms with Crippen molar-refractivity contribution in [3.63, 3.8) is 0 Å². The minimum absolute atomic E-state index is 0.193. The molecule has 0 unspecified atom stereocenters. The molecule has 0 bridgehead atoms. The smallest absolute Gasteiger partial charge is 0.266 e. The molecule has 3 heterocycles. The van der Waals surface area contributed by atoms with Crippen LogP contribution in [0.2, 0.25) is 5.15 Å². The van der Waals surface area contributed by atoms with E-state index in [1.807, 2.05) is 19.1 Å². The maximum Gasteiger partial charge on any atom is 0.266 e. The summed E-state index contributed by atoms with van der Waals surface area (Å²) in [5.41, 5.74) is 3.26. The molecule has 0 saturated carbocycles. The molecule has 4 rings (SSSR count). The van der Waals surface area contributed by atoms with Gasteiger partial charge in [-0.2, -0.15) is 5.10 Å². The molecule has 1 aliphatic heterocycles. The summed E-state index contributed by atoms with van der Waals surface area (Å²) in [6.45, 7) is 1.72. The number of alkyl halides is 2. The number of fused-ring (bicyclic) bond motifs is 1. The van der Waals surface area contributed by atoms with Crippen LogP contribution in [0, 0.1) is 6.92 Å². The van der Waals surface area contributed by atoms with E-state index in [4.69, 9.17) is 21.1 Å². The first-order valence-corrected chi connectivity index (χ1v) is 9.12. The molecule has 0 radical (unpaired) electrons. The Morgan fingerprint density at radius 1 is 1.14 bits per heavy atom. The third-order valence-corrected chi connectivity index (χ3v) is 5.06. The molecule has 0 aliphatic carbocycles. The summed E-state index contributed by atoms with van der Waals surface area (Å²) < 4.78 is 39.8. The highest BCUT2D eigenvalue weighted by molar-refractivity contribution is 6.29. The van der Waals surface area contributed by atoms with Crippen LogP contribution in [0.1, 0.15) is 12.1 Å². The number of imidazole rings is 1. The fraction of sp³-hybridized carbons (Fsp3) is 0.368. The Kier molecular flexibility index (Phi) is 4.53. The Hall–Kier alpha value is -2.61. The lowest BCUT2D eigenvalue weighted by Crippen LogP contribution is -2.25. The van der Waals surface area contributed by atoms with Crippen LogP contribution in [0.25, 0.3) is 16.9 Å². The van der Waals surface area contributed by atoms with E-state index < -0.39 is 5.92 Å². The molecule has 0 spiro atoms. The van der Waals surface area contributed by atoms with Gasteiger partial charge in [0.05, 0.1) is 37.8 Å². The van der Waals surface area contributed by atoms with Crippen LogP contribution < -0.4 is 14.4 Å². The number of ether oxygens (including phenoxy) is 2. The monoisotopic (exact) mass is 408 g/mol. The molecular weight excluding hydrogens is 390 g/mol. The van der Waals surface area contributed by atoms with Crippen molar-refractivity contribution in [1.29, 1.82) is 0 Å². The molecule has 0 amide bonds. The summed E-state index contributed by atoms with van der Waals surface area (Å²) in [7, 11) is 3.13. The van der Waals surface area contributed by atoms with E-state index >= 15 is 0 Å². The second-order valence-corrected chi connectivity index (χ2v) is 7.12. The van der Waals surface area contributed by atoms with Crippen molar-refractivity contribution in [2.24, 2.45) is 0 Å². The summed E-state index contributed by atoms with van der Waals surface area (Å²) in [6, 6.07) is 7.06. The number of methoxy groups -OCH3 is 2. The van der Waals surface area contributed by atoms with Crippen molar-refractivity contribution >= 4 is 22.9 Å². The van der Waals surface area contributed by atoms with Crippen molar-refractivity contribution in [3.8, 4) is 22.8 Å². The third kappa shape index (κ3) is 3.11. The number of nitrogens with zero attached hydrogens (tertiary/aromatic N) is 4. The Balaban J connectivity index is 1.89. The Morgan fingerprint density at radius 3 is 2.54 bits per heavy atom. The normalized spacial score (nSPS) is 16.0. The molecular formula is C19H19ClF2N4O2. The van der Waals surface area contributed by atoms with Crippen molar-refractivity contribution in [1.82, 2.24) is 14.6 Å². The van der Waals surface area contributed by atoms with Crippen LogP contribution in [0.3, 0.4) is 0 Å². The van der Waals surface area contributed by atoms with Crippen LogP contribution >= 0.6 is 11.6 Å². The van der Waals surface area contributed by atoms with Gasteiger partial charge in [-0.1, -0.05) is 11.6 Å². The van der Waals surface area contributed by atoms with E-state index in [0.29, 0.717) is 34.2 Å². The first-order valence-electron chi connectivity index (χ1n) is 8.74. The molecule has 2 aromatic heterocycles. The first kappa shape index (κ1) is 18.7. The Morgan fingerprint density at radius 2 is 1.89 bits per heavy atom. The highest BCUT2D eigenvalue weighted by Crippen LogP contribution is 2.37. The Labute approximate surface area is 165 Å². The predicted octanol–water partition coefficient (Wildman–Crippen LogP) is 4.22. The summed E-state index contributed by atoms with van der Waals surface area (Å²) in [4.78, 5) is 6.21. The number of aromatic nitrogens is 3. The molecule has 3 aromatic rings. The van der Waals surface area contributed by atoms with Gasteiger partial charge in [-0.15, -0.1) is 0 Å². The molecule has 148 valence electrons. The predicted molar refractivity (Wildman–Crippen MR) is 103 cm³/mol. The zero-order valence-electron chi connectivity index (χ0n) is 15.7. The van der Waals surface area contributed by atoms with Crippen LogP contribution in [0.5, 0.6) is 11.5 Å². The van der Waals surface area contributed by atoms with E-state index in [2.05, 4.69) is 10.1 Å². The molecule has 0 N–H and O–H groups in total. The van der Waals surface area contributed by atoms with Gasteiger partial charge in [0.25, 0.3) is 5.92 Å². The fourth-order valence-corrected chi connectivity index (χ4v) is 3.75. The van der Waals surface area contributed by atoms with Crippen molar-refractivity contribution in [2.75, 3.05) is 32.2 Å². The maximum absolute atomic E-state index is 13.7. The van der Waals surface area contributed by atoms with E-state index in [1.165, 1.54) is 0 Å². The van der Waals surface area contributed by atoms with Gasteiger partial charge >= 0.3 is 0 Å². The maximum atomic E-state index is 13.7. The quantitative estimate of drug-likeness (QED) is 0.647. The zero-order valence-corrected chi connectivity index (χ0v) is 16.4. The molecule has 1 saturated heterocycles. The van der Waals surface area contributed by atoms with Gasteiger partial charge in [-0.25, -0.2) is 18.3 Å². The average molecular weight is 409 g/mol. The lowest BCUT2D eigenvalue weighted by atomic mass is 10.1. The molecule has 1 fully saturated rings. The number of hydrogen-bond acceptors (Lipinski definition) is 5. The van der Waals surface area contributed by atoms with E-state index in [9.17, 15) is 8.78 Å². The largest absolute Gasteiger partial charge is 0.493 e. The highest BCUT2D eigenvalue weighted by Gasteiger charge is 2.39. The van der Waals surface area contributed by atoms with Crippen molar-refractivity contribution in [2.45, 2.75) is 19.3 Å². The topological polar surface area (TPSA) is 51.9 Å². The number of benzene rings is 1. The fourth-order valence-electron chi connectivity index (χ4n) is 3.57. The molecule has 0 atom stereocenters. The summed E-state index contributed by atoms with van der Waals surface area (Å²) in [6.07, 6.45) is -0.193. The molecule has 1 aromatic carbocycles. The number of halogens is 3. The van der Waals surface area contributed by atoms with Crippen LogP contribution in [0.15, 0.2) is 24.3 Å². The summed E-state index contributed by atoms with van der Waals surface area (Å²) in [5, 5.41) is 4.58. The van der Waals surface area contributed by atoms with Gasteiger partial charge in [0.15, 0.2) is 22.3 Å². The van der Waals surface area contributed by atoms with E-state index in [-0.39, 0.29) is 24.7 Å². The van der Waals surface area contributed by atoms with E-state index in [1.54, 1.807) is 35.8 Å². The van der Waals surface area contributed by atoms with Gasteiger partial charge in [0, 0.05) is 24.6 Å². The SMILES string of the molecule is COc1ccc(-c2c(C)nc3c(N4CCC(F)(F)C4)cc(Cl)nn23)cc1OC. The summed E-state index contributed by atoms with van der Waals surface area (Å²) in [5.74, 6) is -1.56. The number of anilines is 1. The lowest BCUT2D eigenvalue weighted by Gasteiger charge is -2.19. The van der Waals surface area contributed by atoms with Crippen LogP contribution in [-0.4, -0.2) is 47.8 Å². The second-order valence-electron chi connectivity index (χ2n) is 6.73. The Bertz CT molecular complexity index is 1050. The number of hydrogen-bond donors (Lipinski definition) is 0. The van der Waals surface area contributed by atoms with E-state index in [0.717, 1.165) is 5.56 Å². The van der Waals surface area contributed by atoms with Gasteiger partial charge in [-0.3, -0.25) is 0 Å². The summed E-state index contributed by atoms with van der Waals surface area (Å²) >= 11 is 6.23. The minimum Gasteiger partial charge on any atom is -0.493 e. The number of aryl methyl sites for hydroxylation is 1. The molecule has 1 aliphatic rings. The van der Waals surface area contributed by atoms with Gasteiger partial charge in [0.2, 0.25) is 0 Å². The zero-order chi connectivity index (χ0) is 20.1. The molecule has 6 nitrogen and oxygen atoms in total. The molecule has 28 heavy (non-hydrogen) atoms. The van der Waals surface area contributed by atoms with Crippen molar-refractivity contribution in [3.05, 3.63) is 35.1 Å². The van der Waals surface area contributed by atoms with Gasteiger partial charge in [0.1, 0.15) is 0 Å². The lowest BCUT2D eigenvalue weighted by molar-refractivity contribution is 0.0257. The first-order chi connectivity index (χ1) is 13.3. The minimum atomic E-state index is -2.72. The number of rotatable bonds is 4. The second kappa shape index (κ2) is 6.77. The van der Waals surface area contributed by atoms with Gasteiger partial charge < -0.3 is 14.4 Å². The standard InChI is InChI=1S/C19H19ClF2N4O2/c1-11-17(12-4-5-14(27-2)15(8-12)28-3)26-18(23-11)13(9-16(20)24-26)25-7-6-19(21,22)10-25/h4-5,8-9H,6-7,10H2,1-3H3. The van der Waals surface area contributed by atoms with Crippen LogP contribution in [-0.2, 0) is 0 Å². The third-order valence-electron chi connectivity index (χ3n) is 4.88. The van der Waals surface area contributed by atoms with Crippen LogP contribution in [0.4, 0.5) is 14.5 Å². The van der Waals surface area contributed by atoms with Crippen molar-refractivity contribution < 1.29 is 18.3 Å². The average Bonchev–Trinajstić information content (AvgIpc) is 3.19.